The molecule has 0 unspecified atom stereocenters. The van der Waals surface area contributed by atoms with Crippen LogP contribution in [0.5, 0.6) is 0 Å². The van der Waals surface area contributed by atoms with Gasteiger partial charge in [-0.2, -0.15) is 5.10 Å². The van der Waals surface area contributed by atoms with Crippen molar-refractivity contribution in [2.24, 2.45) is 0 Å². The smallest absolute Gasteiger partial charge is 0.245 e. The molecule has 0 bridgehead atoms. The summed E-state index contributed by atoms with van der Waals surface area (Å²) in [5.41, 5.74) is 0.948. The molecule has 130 valence electrons. The first kappa shape index (κ1) is 15.6. The minimum Gasteiger partial charge on any atom is -0.376 e. The van der Waals surface area contributed by atoms with Gasteiger partial charge in [0.25, 0.3) is 0 Å². The van der Waals surface area contributed by atoms with Gasteiger partial charge in [0.2, 0.25) is 11.8 Å². The first-order chi connectivity index (χ1) is 11.6. The maximum absolute atomic E-state index is 13.0. The van der Waals surface area contributed by atoms with E-state index in [9.17, 15) is 9.59 Å². The summed E-state index contributed by atoms with van der Waals surface area (Å²) in [7, 11) is 0. The van der Waals surface area contributed by atoms with Crippen molar-refractivity contribution >= 4 is 11.8 Å². The number of amides is 2. The number of hydrogen-bond donors (Lipinski definition) is 0. The molecule has 7 heteroatoms. The molecule has 0 spiro atoms. The lowest BCUT2D eigenvalue weighted by molar-refractivity contribution is -0.145. The SMILES string of the molecule is Cc1ccnn1CC(=O)N1[C@H](C(=O)N2CCCC2)C[C@@H]2OCC[C@@H]21. The van der Waals surface area contributed by atoms with Crippen LogP contribution in [-0.4, -0.2) is 69.3 Å². The molecule has 3 saturated heterocycles. The largest absolute Gasteiger partial charge is 0.376 e. The van der Waals surface area contributed by atoms with Crippen LogP contribution in [-0.2, 0) is 20.9 Å². The molecule has 1 aromatic heterocycles. The molecular formula is C17H24N4O3. The second-order valence-corrected chi connectivity index (χ2v) is 6.98. The van der Waals surface area contributed by atoms with Crippen molar-refractivity contribution in [3.05, 3.63) is 18.0 Å². The molecular weight excluding hydrogens is 308 g/mol. The fourth-order valence-corrected chi connectivity index (χ4v) is 4.25. The van der Waals surface area contributed by atoms with Crippen LogP contribution < -0.4 is 0 Å². The topological polar surface area (TPSA) is 67.7 Å². The number of rotatable bonds is 3. The Kier molecular flexibility index (Phi) is 4.04. The third kappa shape index (κ3) is 2.60. The van der Waals surface area contributed by atoms with Crippen LogP contribution in [0.2, 0.25) is 0 Å². The average Bonchev–Trinajstić information content (AvgIpc) is 3.31. The molecule has 0 saturated carbocycles. The van der Waals surface area contributed by atoms with Crippen molar-refractivity contribution < 1.29 is 14.3 Å². The summed E-state index contributed by atoms with van der Waals surface area (Å²) in [6, 6.07) is 1.54. The molecule has 0 aromatic carbocycles. The van der Waals surface area contributed by atoms with Crippen LogP contribution in [0.15, 0.2) is 12.3 Å². The maximum Gasteiger partial charge on any atom is 0.245 e. The number of fused-ring (bicyclic) bond motifs is 1. The highest BCUT2D eigenvalue weighted by molar-refractivity contribution is 5.89. The van der Waals surface area contributed by atoms with Gasteiger partial charge >= 0.3 is 0 Å². The molecule has 24 heavy (non-hydrogen) atoms. The molecule has 0 radical (unpaired) electrons. The predicted molar refractivity (Wildman–Crippen MR) is 86.2 cm³/mol. The number of hydrogen-bond acceptors (Lipinski definition) is 4. The number of likely N-dealkylation sites (tertiary alicyclic amines) is 2. The van der Waals surface area contributed by atoms with Gasteiger partial charge in [-0.15, -0.1) is 0 Å². The highest BCUT2D eigenvalue weighted by Crippen LogP contribution is 2.35. The molecule has 0 N–H and O–H groups in total. The lowest BCUT2D eigenvalue weighted by atomic mass is 10.1. The van der Waals surface area contributed by atoms with E-state index in [2.05, 4.69) is 5.10 Å². The second kappa shape index (κ2) is 6.20. The number of ether oxygens (including phenoxy) is 1. The normalized spacial score (nSPS) is 29.3. The number of carbonyl (C=O) groups is 2. The Morgan fingerprint density at radius 1 is 1.33 bits per heavy atom. The minimum atomic E-state index is -0.373. The lowest BCUT2D eigenvalue weighted by Gasteiger charge is -2.31. The van der Waals surface area contributed by atoms with E-state index in [0.717, 1.165) is 38.0 Å². The van der Waals surface area contributed by atoms with Gasteiger partial charge < -0.3 is 14.5 Å². The van der Waals surface area contributed by atoms with Gasteiger partial charge in [-0.1, -0.05) is 0 Å². The van der Waals surface area contributed by atoms with Gasteiger partial charge in [-0.25, -0.2) is 0 Å². The zero-order valence-electron chi connectivity index (χ0n) is 14.1. The summed E-state index contributed by atoms with van der Waals surface area (Å²) in [6.45, 7) is 4.41. The van der Waals surface area contributed by atoms with Crippen LogP contribution in [0.1, 0.15) is 31.4 Å². The summed E-state index contributed by atoms with van der Waals surface area (Å²) >= 11 is 0. The molecule has 2 amide bonds. The van der Waals surface area contributed by atoms with Crippen LogP contribution >= 0.6 is 0 Å². The van der Waals surface area contributed by atoms with E-state index in [1.165, 1.54) is 0 Å². The fourth-order valence-electron chi connectivity index (χ4n) is 4.25. The Morgan fingerprint density at radius 3 is 2.83 bits per heavy atom. The number of nitrogens with zero attached hydrogens (tertiary/aromatic N) is 4. The molecule has 3 fully saturated rings. The van der Waals surface area contributed by atoms with E-state index in [4.69, 9.17) is 4.74 Å². The Labute approximate surface area is 141 Å². The molecule has 3 atom stereocenters. The molecule has 3 aliphatic rings. The average molecular weight is 332 g/mol. The van der Waals surface area contributed by atoms with Gasteiger partial charge in [0.15, 0.2) is 0 Å². The van der Waals surface area contributed by atoms with Crippen molar-refractivity contribution in [1.82, 2.24) is 19.6 Å². The summed E-state index contributed by atoms with van der Waals surface area (Å²) in [5.74, 6) is 0.0633. The van der Waals surface area contributed by atoms with Crippen LogP contribution in [0.3, 0.4) is 0 Å². The Morgan fingerprint density at radius 2 is 2.12 bits per heavy atom. The van der Waals surface area contributed by atoms with Gasteiger partial charge in [0.05, 0.1) is 12.1 Å². The van der Waals surface area contributed by atoms with Crippen molar-refractivity contribution in [3.63, 3.8) is 0 Å². The van der Waals surface area contributed by atoms with Gasteiger partial charge in [-0.3, -0.25) is 14.3 Å². The standard InChI is InChI=1S/C17H24N4O3/c1-12-4-6-18-20(12)11-16(22)21-13-5-9-24-15(13)10-14(21)17(23)19-7-2-3-8-19/h4,6,13-15H,2-3,5,7-11H2,1H3/t13-,14-,15-/m0/s1. The number of aromatic nitrogens is 2. The third-order valence-corrected chi connectivity index (χ3v) is 5.53. The molecule has 4 heterocycles. The van der Waals surface area contributed by atoms with E-state index in [-0.39, 0.29) is 36.5 Å². The summed E-state index contributed by atoms with van der Waals surface area (Å²) in [6.07, 6.45) is 5.26. The third-order valence-electron chi connectivity index (χ3n) is 5.53. The van der Waals surface area contributed by atoms with E-state index in [0.29, 0.717) is 13.0 Å². The Bertz CT molecular complexity index is 638. The molecule has 3 aliphatic heterocycles. The second-order valence-electron chi connectivity index (χ2n) is 6.98. The van der Waals surface area contributed by atoms with Crippen molar-refractivity contribution in [2.45, 2.75) is 57.3 Å². The van der Waals surface area contributed by atoms with Gasteiger partial charge in [0, 0.05) is 38.0 Å². The van der Waals surface area contributed by atoms with Gasteiger partial charge in [0.1, 0.15) is 12.6 Å². The zero-order valence-corrected chi connectivity index (χ0v) is 14.1. The first-order valence-corrected chi connectivity index (χ1v) is 8.85. The summed E-state index contributed by atoms with van der Waals surface area (Å²) < 4.78 is 7.47. The van der Waals surface area contributed by atoms with Crippen molar-refractivity contribution in [3.8, 4) is 0 Å². The Balaban J connectivity index is 1.55. The zero-order chi connectivity index (χ0) is 16.7. The minimum absolute atomic E-state index is 0.00391. The lowest BCUT2D eigenvalue weighted by Crippen LogP contribution is -2.50. The molecule has 4 rings (SSSR count). The Hall–Kier alpha value is -1.89. The summed E-state index contributed by atoms with van der Waals surface area (Å²) in [4.78, 5) is 29.6. The van der Waals surface area contributed by atoms with Crippen molar-refractivity contribution in [2.75, 3.05) is 19.7 Å². The van der Waals surface area contributed by atoms with Crippen LogP contribution in [0.25, 0.3) is 0 Å². The maximum atomic E-state index is 13.0. The van der Waals surface area contributed by atoms with Crippen LogP contribution in [0.4, 0.5) is 0 Å². The molecule has 7 nitrogen and oxygen atoms in total. The first-order valence-electron chi connectivity index (χ1n) is 8.85. The van der Waals surface area contributed by atoms with Crippen molar-refractivity contribution in [1.29, 1.82) is 0 Å². The summed E-state index contributed by atoms with van der Waals surface area (Å²) in [5, 5.41) is 4.20. The number of aryl methyl sites for hydroxylation is 1. The van der Waals surface area contributed by atoms with E-state index < -0.39 is 0 Å². The molecule has 0 aliphatic carbocycles. The fraction of sp³-hybridized carbons (Fsp3) is 0.706. The van der Waals surface area contributed by atoms with Crippen LogP contribution in [0, 0.1) is 6.92 Å². The molecule has 1 aromatic rings. The number of carbonyl (C=O) groups excluding carboxylic acids is 2. The van der Waals surface area contributed by atoms with Gasteiger partial charge in [-0.05, 0) is 32.3 Å². The monoisotopic (exact) mass is 332 g/mol. The highest BCUT2D eigenvalue weighted by Gasteiger charge is 2.50. The van der Waals surface area contributed by atoms with E-state index in [1.54, 1.807) is 15.8 Å². The highest BCUT2D eigenvalue weighted by atomic mass is 16.5. The predicted octanol–water partition coefficient (Wildman–Crippen LogP) is 0.572. The van der Waals surface area contributed by atoms with E-state index in [1.807, 2.05) is 17.9 Å². The van der Waals surface area contributed by atoms with E-state index >= 15 is 0 Å². The quantitative estimate of drug-likeness (QED) is 0.812.